The summed E-state index contributed by atoms with van der Waals surface area (Å²) < 4.78 is 22.9. The number of rotatable bonds is 5. The summed E-state index contributed by atoms with van der Waals surface area (Å²) in [7, 11) is -2.86. The Kier molecular flexibility index (Phi) is 4.50. The quantitative estimate of drug-likeness (QED) is 0.899. The minimum Gasteiger partial charge on any atom is -0.356 e. The molecule has 2 fully saturated rings. The summed E-state index contributed by atoms with van der Waals surface area (Å²) in [5.74, 6) is 1.55. The van der Waals surface area contributed by atoms with E-state index in [1.165, 1.54) is 11.1 Å². The summed E-state index contributed by atoms with van der Waals surface area (Å²) in [4.78, 5) is 12.2. The molecule has 1 aromatic carbocycles. The summed E-state index contributed by atoms with van der Waals surface area (Å²) in [6, 6.07) is 8.57. The molecule has 0 spiro atoms. The van der Waals surface area contributed by atoms with Crippen LogP contribution in [-0.2, 0) is 14.6 Å². The summed E-state index contributed by atoms with van der Waals surface area (Å²) in [5, 5.41) is 2.95. The van der Waals surface area contributed by atoms with Crippen LogP contribution >= 0.6 is 0 Å². The summed E-state index contributed by atoms with van der Waals surface area (Å²) in [6.45, 7) is 4.84. The first-order valence-electron chi connectivity index (χ1n) is 8.44. The highest BCUT2D eigenvalue weighted by atomic mass is 32.2. The van der Waals surface area contributed by atoms with Gasteiger partial charge in [-0.2, -0.15) is 0 Å². The fourth-order valence-corrected chi connectivity index (χ4v) is 5.25. The predicted molar refractivity (Wildman–Crippen MR) is 91.1 cm³/mol. The molecule has 0 radical (unpaired) electrons. The van der Waals surface area contributed by atoms with E-state index in [2.05, 4.69) is 43.4 Å². The zero-order valence-electron chi connectivity index (χ0n) is 13.8. The number of carbonyl (C=O) groups is 1. The zero-order valence-corrected chi connectivity index (χ0v) is 14.6. The van der Waals surface area contributed by atoms with E-state index in [-0.39, 0.29) is 29.2 Å². The van der Waals surface area contributed by atoms with Gasteiger partial charge in [0.2, 0.25) is 5.91 Å². The van der Waals surface area contributed by atoms with Crippen molar-refractivity contribution in [2.75, 3.05) is 18.1 Å². The van der Waals surface area contributed by atoms with Gasteiger partial charge in [0.25, 0.3) is 0 Å². The molecule has 126 valence electrons. The van der Waals surface area contributed by atoms with Gasteiger partial charge in [0, 0.05) is 12.5 Å². The number of sulfone groups is 1. The summed E-state index contributed by atoms with van der Waals surface area (Å²) in [6.07, 6.45) is 1.57. The van der Waals surface area contributed by atoms with Gasteiger partial charge < -0.3 is 5.32 Å². The number of nitrogens with one attached hydrogen (secondary N) is 1. The molecule has 1 saturated heterocycles. The first-order valence-corrected chi connectivity index (χ1v) is 10.3. The number of benzene rings is 1. The molecular formula is C18H25NO3S. The first kappa shape index (κ1) is 16.5. The van der Waals surface area contributed by atoms with Crippen LogP contribution < -0.4 is 5.32 Å². The van der Waals surface area contributed by atoms with Gasteiger partial charge in [0.1, 0.15) is 0 Å². The van der Waals surface area contributed by atoms with Crippen LogP contribution in [0.25, 0.3) is 0 Å². The largest absolute Gasteiger partial charge is 0.356 e. The second-order valence-electron chi connectivity index (χ2n) is 7.28. The number of amides is 1. The van der Waals surface area contributed by atoms with Crippen molar-refractivity contribution in [2.45, 2.75) is 38.5 Å². The molecule has 4 nitrogen and oxygen atoms in total. The van der Waals surface area contributed by atoms with Crippen LogP contribution in [0.1, 0.15) is 49.7 Å². The SMILES string of the molecule is CC(C)c1ccc([C@@H]2C[C@@H]2C(=O)NC[C@H]2CCS(=O)(=O)C2)cc1. The van der Waals surface area contributed by atoms with Crippen molar-refractivity contribution >= 4 is 15.7 Å². The molecule has 3 rings (SSSR count). The molecule has 1 aliphatic carbocycles. The summed E-state index contributed by atoms with van der Waals surface area (Å²) in [5.41, 5.74) is 2.55. The average molecular weight is 335 g/mol. The van der Waals surface area contributed by atoms with Crippen molar-refractivity contribution in [3.63, 3.8) is 0 Å². The number of carbonyl (C=O) groups excluding carboxylic acids is 1. The van der Waals surface area contributed by atoms with Crippen molar-refractivity contribution in [3.8, 4) is 0 Å². The third-order valence-corrected chi connectivity index (χ3v) is 6.89. The molecule has 5 heteroatoms. The standard InChI is InChI=1S/C18H25NO3S/c1-12(2)14-3-5-15(6-4-14)16-9-17(16)18(20)19-10-13-7-8-23(21,22)11-13/h3-6,12-13,16-17H,7-11H2,1-2H3,(H,19,20)/t13-,16+,17+/m1/s1. The van der Waals surface area contributed by atoms with Crippen LogP contribution in [0.2, 0.25) is 0 Å². The smallest absolute Gasteiger partial charge is 0.223 e. The van der Waals surface area contributed by atoms with Crippen LogP contribution in [0.3, 0.4) is 0 Å². The minimum absolute atomic E-state index is 0.0536. The van der Waals surface area contributed by atoms with Crippen molar-refractivity contribution in [1.82, 2.24) is 5.32 Å². The Morgan fingerprint density at radius 1 is 1.26 bits per heavy atom. The Bertz CT molecular complexity index is 679. The van der Waals surface area contributed by atoms with Gasteiger partial charge in [-0.05, 0) is 41.7 Å². The third-order valence-electron chi connectivity index (χ3n) is 5.05. The van der Waals surface area contributed by atoms with E-state index in [0.29, 0.717) is 24.8 Å². The molecule has 2 aliphatic rings. The molecule has 1 amide bonds. The Balaban J connectivity index is 1.49. The van der Waals surface area contributed by atoms with Crippen LogP contribution in [0.15, 0.2) is 24.3 Å². The van der Waals surface area contributed by atoms with Gasteiger partial charge in [0.15, 0.2) is 9.84 Å². The fraction of sp³-hybridized carbons (Fsp3) is 0.611. The van der Waals surface area contributed by atoms with Crippen molar-refractivity contribution in [2.24, 2.45) is 11.8 Å². The van der Waals surface area contributed by atoms with Crippen molar-refractivity contribution in [3.05, 3.63) is 35.4 Å². The Labute approximate surface area is 138 Å². The summed E-state index contributed by atoms with van der Waals surface area (Å²) >= 11 is 0. The van der Waals surface area contributed by atoms with Gasteiger partial charge in [-0.1, -0.05) is 38.1 Å². The highest BCUT2D eigenvalue weighted by Crippen LogP contribution is 2.47. The Morgan fingerprint density at radius 3 is 2.52 bits per heavy atom. The maximum Gasteiger partial charge on any atom is 0.223 e. The van der Waals surface area contributed by atoms with E-state index in [4.69, 9.17) is 0 Å². The monoisotopic (exact) mass is 335 g/mol. The lowest BCUT2D eigenvalue weighted by Crippen LogP contribution is -2.31. The van der Waals surface area contributed by atoms with E-state index in [1.807, 2.05) is 0 Å². The van der Waals surface area contributed by atoms with E-state index in [0.717, 1.165) is 6.42 Å². The maximum absolute atomic E-state index is 12.2. The lowest BCUT2D eigenvalue weighted by molar-refractivity contribution is -0.122. The minimum atomic E-state index is -2.86. The molecule has 0 bridgehead atoms. The molecule has 23 heavy (non-hydrogen) atoms. The van der Waals surface area contributed by atoms with Crippen LogP contribution in [0.4, 0.5) is 0 Å². The normalized spacial score (nSPS) is 28.7. The number of hydrogen-bond donors (Lipinski definition) is 1. The molecule has 3 atom stereocenters. The molecule has 1 heterocycles. The second-order valence-corrected chi connectivity index (χ2v) is 9.51. The molecular weight excluding hydrogens is 310 g/mol. The lowest BCUT2D eigenvalue weighted by atomic mass is 10.00. The second kappa shape index (κ2) is 6.27. The lowest BCUT2D eigenvalue weighted by Gasteiger charge is -2.10. The van der Waals surface area contributed by atoms with Crippen LogP contribution in [0, 0.1) is 11.8 Å². The van der Waals surface area contributed by atoms with E-state index in [1.54, 1.807) is 0 Å². The maximum atomic E-state index is 12.2. The third kappa shape index (κ3) is 3.94. The first-order chi connectivity index (χ1) is 10.9. The average Bonchev–Trinajstić information content (AvgIpc) is 3.23. The molecule has 1 N–H and O–H groups in total. The number of hydrogen-bond acceptors (Lipinski definition) is 3. The van der Waals surface area contributed by atoms with E-state index >= 15 is 0 Å². The van der Waals surface area contributed by atoms with Crippen molar-refractivity contribution in [1.29, 1.82) is 0 Å². The molecule has 1 aliphatic heterocycles. The van der Waals surface area contributed by atoms with Gasteiger partial charge in [-0.3, -0.25) is 4.79 Å². The van der Waals surface area contributed by atoms with E-state index in [9.17, 15) is 13.2 Å². The van der Waals surface area contributed by atoms with Crippen LogP contribution in [-0.4, -0.2) is 32.4 Å². The highest BCUT2D eigenvalue weighted by molar-refractivity contribution is 7.91. The topological polar surface area (TPSA) is 63.2 Å². The Hall–Kier alpha value is -1.36. The highest BCUT2D eigenvalue weighted by Gasteiger charge is 2.44. The van der Waals surface area contributed by atoms with Crippen LogP contribution in [0.5, 0.6) is 0 Å². The van der Waals surface area contributed by atoms with E-state index < -0.39 is 9.84 Å². The Morgan fingerprint density at radius 2 is 1.96 bits per heavy atom. The zero-order chi connectivity index (χ0) is 16.6. The van der Waals surface area contributed by atoms with Crippen molar-refractivity contribution < 1.29 is 13.2 Å². The van der Waals surface area contributed by atoms with Gasteiger partial charge in [-0.25, -0.2) is 8.42 Å². The van der Waals surface area contributed by atoms with Gasteiger partial charge in [0.05, 0.1) is 11.5 Å². The molecule has 1 aromatic rings. The van der Waals surface area contributed by atoms with Gasteiger partial charge >= 0.3 is 0 Å². The van der Waals surface area contributed by atoms with Gasteiger partial charge in [-0.15, -0.1) is 0 Å². The fourth-order valence-electron chi connectivity index (χ4n) is 3.39. The predicted octanol–water partition coefficient (Wildman–Crippen LogP) is 2.46. The molecule has 1 saturated carbocycles. The molecule has 0 aromatic heterocycles. The molecule has 0 unspecified atom stereocenters.